The molecule has 0 saturated heterocycles. The van der Waals surface area contributed by atoms with E-state index < -0.39 is 6.10 Å². The molecule has 0 aliphatic heterocycles. The second kappa shape index (κ2) is 5.27. The molecule has 3 rings (SSSR count). The first-order valence-corrected chi connectivity index (χ1v) is 7.32. The molecule has 2 nitrogen and oxygen atoms in total. The largest absolute Gasteiger partial charge is 0.496 e. The minimum absolute atomic E-state index is 0.593. The van der Waals surface area contributed by atoms with E-state index in [4.69, 9.17) is 4.74 Å². The van der Waals surface area contributed by atoms with E-state index in [0.717, 1.165) is 27.0 Å². The van der Waals surface area contributed by atoms with E-state index >= 15 is 0 Å². The molecule has 0 saturated carbocycles. The number of benzene rings is 2. The van der Waals surface area contributed by atoms with Crippen molar-refractivity contribution in [2.24, 2.45) is 0 Å². The zero-order chi connectivity index (χ0) is 14.1. The van der Waals surface area contributed by atoms with Crippen LogP contribution in [-0.2, 0) is 0 Å². The van der Waals surface area contributed by atoms with E-state index in [1.807, 2.05) is 55.5 Å². The van der Waals surface area contributed by atoms with Crippen molar-refractivity contribution in [1.29, 1.82) is 0 Å². The molecule has 3 aromatic rings. The number of methoxy groups -OCH3 is 1. The Morgan fingerprint density at radius 3 is 2.40 bits per heavy atom. The number of ether oxygens (including phenoxy) is 1. The smallest absolute Gasteiger partial charge is 0.126 e. The van der Waals surface area contributed by atoms with Crippen molar-refractivity contribution in [3.05, 3.63) is 63.8 Å². The molecule has 0 radical (unpaired) electrons. The van der Waals surface area contributed by atoms with Crippen LogP contribution in [0, 0.1) is 6.92 Å². The number of hydrogen-bond donors (Lipinski definition) is 1. The van der Waals surface area contributed by atoms with Crippen LogP contribution in [0.15, 0.2) is 48.5 Å². The van der Waals surface area contributed by atoms with E-state index in [0.29, 0.717) is 0 Å². The first-order valence-electron chi connectivity index (χ1n) is 6.50. The summed E-state index contributed by atoms with van der Waals surface area (Å²) < 4.78 is 5.39. The Balaban J connectivity index is 2.17. The molecule has 0 aliphatic rings. The second-order valence-corrected chi connectivity index (χ2v) is 6.07. The van der Waals surface area contributed by atoms with Crippen LogP contribution in [0.1, 0.15) is 21.4 Å². The molecule has 0 fully saturated rings. The van der Waals surface area contributed by atoms with Crippen LogP contribution >= 0.6 is 11.3 Å². The van der Waals surface area contributed by atoms with Gasteiger partial charge in [-0.3, -0.25) is 0 Å². The van der Waals surface area contributed by atoms with Crippen LogP contribution in [0.4, 0.5) is 0 Å². The van der Waals surface area contributed by atoms with Crippen molar-refractivity contribution < 1.29 is 9.84 Å². The molecule has 1 atom stereocenters. The van der Waals surface area contributed by atoms with Gasteiger partial charge in [-0.1, -0.05) is 30.3 Å². The maximum Gasteiger partial charge on any atom is 0.126 e. The van der Waals surface area contributed by atoms with Crippen molar-refractivity contribution in [2.45, 2.75) is 13.0 Å². The monoisotopic (exact) mass is 284 g/mol. The first-order chi connectivity index (χ1) is 9.70. The summed E-state index contributed by atoms with van der Waals surface area (Å²) >= 11 is 1.63. The summed E-state index contributed by atoms with van der Waals surface area (Å²) in [5.74, 6) is 0.832. The predicted molar refractivity (Wildman–Crippen MR) is 83.6 cm³/mol. The molecule has 1 aromatic heterocycles. The number of hydrogen-bond acceptors (Lipinski definition) is 3. The topological polar surface area (TPSA) is 29.5 Å². The van der Waals surface area contributed by atoms with Crippen LogP contribution in [0.5, 0.6) is 5.75 Å². The molecule has 3 heteroatoms. The molecule has 102 valence electrons. The van der Waals surface area contributed by atoms with Gasteiger partial charge in [0.1, 0.15) is 11.9 Å². The Hall–Kier alpha value is -1.84. The van der Waals surface area contributed by atoms with E-state index in [-0.39, 0.29) is 0 Å². The van der Waals surface area contributed by atoms with Crippen LogP contribution in [-0.4, -0.2) is 12.2 Å². The van der Waals surface area contributed by atoms with Gasteiger partial charge in [0.2, 0.25) is 0 Å². The highest BCUT2D eigenvalue weighted by atomic mass is 32.1. The quantitative estimate of drug-likeness (QED) is 0.777. The highest BCUT2D eigenvalue weighted by Gasteiger charge is 2.16. The summed E-state index contributed by atoms with van der Waals surface area (Å²) in [5.41, 5.74) is 0.920. The molecule has 0 spiro atoms. The number of thiophene rings is 1. The highest BCUT2D eigenvalue weighted by Crippen LogP contribution is 2.35. The lowest BCUT2D eigenvalue weighted by Crippen LogP contribution is -1.99. The molecular formula is C17H16O2S. The van der Waals surface area contributed by atoms with Gasteiger partial charge in [-0.05, 0) is 36.1 Å². The standard InChI is InChI=1S/C17H16O2S/c1-11-7-10-16(20-11)17(18)14-8-9-15(19-2)13-6-4-3-5-12(13)14/h3-10,17-18H,1-2H3. The van der Waals surface area contributed by atoms with E-state index in [1.165, 1.54) is 4.88 Å². The van der Waals surface area contributed by atoms with Gasteiger partial charge in [-0.2, -0.15) is 0 Å². The summed E-state index contributed by atoms with van der Waals surface area (Å²) in [6.45, 7) is 2.05. The highest BCUT2D eigenvalue weighted by molar-refractivity contribution is 7.12. The molecule has 0 amide bonds. The fourth-order valence-electron chi connectivity index (χ4n) is 2.46. The van der Waals surface area contributed by atoms with Gasteiger partial charge in [0.15, 0.2) is 0 Å². The molecular weight excluding hydrogens is 268 g/mol. The summed E-state index contributed by atoms with van der Waals surface area (Å²) in [4.78, 5) is 2.18. The average molecular weight is 284 g/mol. The summed E-state index contributed by atoms with van der Waals surface area (Å²) in [5, 5.41) is 12.7. The zero-order valence-corrected chi connectivity index (χ0v) is 12.3. The van der Waals surface area contributed by atoms with Crippen molar-refractivity contribution in [3.8, 4) is 5.75 Å². The van der Waals surface area contributed by atoms with Crippen molar-refractivity contribution >= 4 is 22.1 Å². The Morgan fingerprint density at radius 1 is 1.00 bits per heavy atom. The van der Waals surface area contributed by atoms with E-state index in [9.17, 15) is 5.11 Å². The Kier molecular flexibility index (Phi) is 3.47. The predicted octanol–water partition coefficient (Wildman–Crippen LogP) is 4.30. The Bertz CT molecular complexity index is 746. The van der Waals surface area contributed by atoms with Gasteiger partial charge >= 0.3 is 0 Å². The Labute approximate surface area is 122 Å². The lowest BCUT2D eigenvalue weighted by molar-refractivity contribution is 0.225. The SMILES string of the molecule is COc1ccc(C(O)c2ccc(C)s2)c2ccccc12. The molecule has 2 aromatic carbocycles. The number of aryl methyl sites for hydroxylation is 1. The van der Waals surface area contributed by atoms with Gasteiger partial charge in [-0.25, -0.2) is 0 Å². The second-order valence-electron chi connectivity index (χ2n) is 4.75. The van der Waals surface area contributed by atoms with Gasteiger partial charge in [0.25, 0.3) is 0 Å². The molecule has 1 N–H and O–H groups in total. The minimum atomic E-state index is -0.593. The Morgan fingerprint density at radius 2 is 1.75 bits per heavy atom. The number of aliphatic hydroxyl groups is 1. The summed E-state index contributed by atoms with van der Waals surface area (Å²) in [6, 6.07) is 15.9. The van der Waals surface area contributed by atoms with Gasteiger partial charge in [0, 0.05) is 15.1 Å². The number of fused-ring (bicyclic) bond motifs is 1. The lowest BCUT2D eigenvalue weighted by atomic mass is 9.99. The maximum absolute atomic E-state index is 10.6. The van der Waals surface area contributed by atoms with Crippen LogP contribution in [0.25, 0.3) is 10.8 Å². The van der Waals surface area contributed by atoms with Gasteiger partial charge in [0.05, 0.1) is 7.11 Å². The van der Waals surface area contributed by atoms with Crippen LogP contribution < -0.4 is 4.74 Å². The van der Waals surface area contributed by atoms with Crippen LogP contribution in [0.3, 0.4) is 0 Å². The number of rotatable bonds is 3. The van der Waals surface area contributed by atoms with Gasteiger partial charge < -0.3 is 9.84 Å². The lowest BCUT2D eigenvalue weighted by Gasteiger charge is -2.14. The molecule has 0 aliphatic carbocycles. The first kappa shape index (κ1) is 13.2. The third-order valence-electron chi connectivity index (χ3n) is 3.46. The molecule has 20 heavy (non-hydrogen) atoms. The minimum Gasteiger partial charge on any atom is -0.496 e. The average Bonchev–Trinajstić information content (AvgIpc) is 2.92. The van der Waals surface area contributed by atoms with Crippen molar-refractivity contribution in [1.82, 2.24) is 0 Å². The zero-order valence-electron chi connectivity index (χ0n) is 11.5. The van der Waals surface area contributed by atoms with Crippen LogP contribution in [0.2, 0.25) is 0 Å². The van der Waals surface area contributed by atoms with E-state index in [1.54, 1.807) is 18.4 Å². The third kappa shape index (κ3) is 2.19. The maximum atomic E-state index is 10.6. The van der Waals surface area contributed by atoms with Gasteiger partial charge in [-0.15, -0.1) is 11.3 Å². The fraction of sp³-hybridized carbons (Fsp3) is 0.176. The fourth-order valence-corrected chi connectivity index (χ4v) is 3.35. The summed E-state index contributed by atoms with van der Waals surface area (Å²) in [7, 11) is 1.67. The molecule has 0 bridgehead atoms. The van der Waals surface area contributed by atoms with Crippen molar-refractivity contribution in [3.63, 3.8) is 0 Å². The summed E-state index contributed by atoms with van der Waals surface area (Å²) in [6.07, 6.45) is -0.593. The third-order valence-corrected chi connectivity index (χ3v) is 4.52. The molecule has 1 unspecified atom stereocenters. The van der Waals surface area contributed by atoms with E-state index in [2.05, 4.69) is 0 Å². The normalized spacial score (nSPS) is 12.6. The van der Waals surface area contributed by atoms with Crippen molar-refractivity contribution in [2.75, 3.05) is 7.11 Å². The number of aliphatic hydroxyl groups excluding tert-OH is 1. The molecule has 1 heterocycles.